The van der Waals surface area contributed by atoms with Crippen molar-refractivity contribution in [1.82, 2.24) is 0 Å². The van der Waals surface area contributed by atoms with Crippen molar-refractivity contribution in [3.8, 4) is 0 Å². The number of alkyl halides is 2. The third-order valence-corrected chi connectivity index (χ3v) is 2.43. The highest BCUT2D eigenvalue weighted by molar-refractivity contribution is 5.84. The van der Waals surface area contributed by atoms with Crippen LogP contribution >= 0.6 is 0 Å². The standard InChI is InChI=1S/C13H24F2O3/c1-6-17-11(18-7-2)9-13(14,15)8-10(16)12(3,4)5/h11H,6-9H2,1-5H3. The van der Waals surface area contributed by atoms with Gasteiger partial charge in [0, 0.05) is 18.6 Å². The molecule has 3 nitrogen and oxygen atoms in total. The number of carbonyl (C=O) groups excluding carboxylic acids is 1. The Morgan fingerprint density at radius 1 is 1.11 bits per heavy atom. The molecule has 0 radical (unpaired) electrons. The molecule has 0 heterocycles. The molecular weight excluding hydrogens is 242 g/mol. The van der Waals surface area contributed by atoms with Crippen LogP contribution < -0.4 is 0 Å². The van der Waals surface area contributed by atoms with E-state index in [0.29, 0.717) is 13.2 Å². The van der Waals surface area contributed by atoms with Crippen molar-refractivity contribution in [2.24, 2.45) is 5.41 Å². The zero-order chi connectivity index (χ0) is 14.4. The maximum atomic E-state index is 13.7. The van der Waals surface area contributed by atoms with Crippen LogP contribution in [-0.4, -0.2) is 31.2 Å². The number of ether oxygens (including phenoxy) is 2. The normalized spacial score (nSPS) is 13.1. The van der Waals surface area contributed by atoms with Crippen molar-refractivity contribution < 1.29 is 23.0 Å². The number of carbonyl (C=O) groups is 1. The van der Waals surface area contributed by atoms with Gasteiger partial charge in [-0.05, 0) is 13.8 Å². The van der Waals surface area contributed by atoms with Crippen molar-refractivity contribution >= 4 is 5.78 Å². The first-order valence-electron chi connectivity index (χ1n) is 6.26. The molecule has 0 fully saturated rings. The van der Waals surface area contributed by atoms with Gasteiger partial charge in [0.15, 0.2) is 6.29 Å². The minimum atomic E-state index is -3.10. The van der Waals surface area contributed by atoms with Gasteiger partial charge >= 0.3 is 0 Å². The molecule has 0 aliphatic carbocycles. The Kier molecular flexibility index (Phi) is 6.92. The first-order chi connectivity index (χ1) is 8.12. The molecule has 0 bridgehead atoms. The average Bonchev–Trinajstić information content (AvgIpc) is 2.15. The predicted molar refractivity (Wildman–Crippen MR) is 65.7 cm³/mol. The molecule has 0 N–H and O–H groups in total. The number of Topliss-reactive ketones (excluding diaryl/α,β-unsaturated/α-hetero) is 1. The summed E-state index contributed by atoms with van der Waals surface area (Å²) < 4.78 is 37.6. The van der Waals surface area contributed by atoms with Crippen LogP contribution in [0.2, 0.25) is 0 Å². The molecular formula is C13H24F2O3. The molecule has 0 unspecified atom stereocenters. The summed E-state index contributed by atoms with van der Waals surface area (Å²) in [7, 11) is 0. The van der Waals surface area contributed by atoms with Gasteiger partial charge in [0.05, 0.1) is 12.8 Å². The van der Waals surface area contributed by atoms with Crippen molar-refractivity contribution in [2.75, 3.05) is 13.2 Å². The molecule has 0 aliphatic heterocycles. The van der Waals surface area contributed by atoms with E-state index in [1.807, 2.05) is 0 Å². The van der Waals surface area contributed by atoms with E-state index >= 15 is 0 Å². The minimum absolute atomic E-state index is 0.300. The highest BCUT2D eigenvalue weighted by atomic mass is 19.3. The molecule has 0 spiro atoms. The molecule has 0 saturated heterocycles. The van der Waals surface area contributed by atoms with Crippen molar-refractivity contribution in [1.29, 1.82) is 0 Å². The lowest BCUT2D eigenvalue weighted by Gasteiger charge is -2.25. The minimum Gasteiger partial charge on any atom is -0.353 e. The molecule has 0 aromatic carbocycles. The molecule has 108 valence electrons. The predicted octanol–water partition coefficient (Wildman–Crippen LogP) is 3.42. The zero-order valence-electron chi connectivity index (χ0n) is 11.9. The van der Waals surface area contributed by atoms with Gasteiger partial charge in [-0.15, -0.1) is 0 Å². The Morgan fingerprint density at radius 3 is 1.89 bits per heavy atom. The molecule has 18 heavy (non-hydrogen) atoms. The second-order valence-electron chi connectivity index (χ2n) is 5.25. The maximum Gasteiger partial charge on any atom is 0.259 e. The van der Waals surface area contributed by atoms with Crippen molar-refractivity contribution in [3.63, 3.8) is 0 Å². The topological polar surface area (TPSA) is 35.5 Å². The highest BCUT2D eigenvalue weighted by Crippen LogP contribution is 2.30. The van der Waals surface area contributed by atoms with Gasteiger partial charge in [-0.2, -0.15) is 0 Å². The maximum absolute atomic E-state index is 13.7. The Labute approximate surface area is 108 Å². The Hall–Kier alpha value is -0.550. The molecule has 0 aromatic rings. The van der Waals surface area contributed by atoms with E-state index < -0.39 is 36.3 Å². The fourth-order valence-electron chi connectivity index (χ4n) is 1.35. The third kappa shape index (κ3) is 7.01. The second-order valence-corrected chi connectivity index (χ2v) is 5.25. The molecule has 0 aliphatic rings. The van der Waals surface area contributed by atoms with E-state index in [2.05, 4.69) is 0 Å². The number of rotatable bonds is 8. The van der Waals surface area contributed by atoms with Crippen LogP contribution in [0.5, 0.6) is 0 Å². The van der Waals surface area contributed by atoms with Crippen molar-refractivity contribution in [2.45, 2.75) is 59.7 Å². The lowest BCUT2D eigenvalue weighted by Crippen LogP contribution is -2.34. The molecule has 0 amide bonds. The summed E-state index contributed by atoms with van der Waals surface area (Å²) in [6.45, 7) is 8.92. The van der Waals surface area contributed by atoms with E-state index in [9.17, 15) is 13.6 Å². The first kappa shape index (κ1) is 17.4. The molecule has 0 rings (SSSR count). The van der Waals surface area contributed by atoms with Gasteiger partial charge in [0.25, 0.3) is 5.92 Å². The van der Waals surface area contributed by atoms with Crippen LogP contribution in [0.25, 0.3) is 0 Å². The van der Waals surface area contributed by atoms with Gasteiger partial charge in [-0.1, -0.05) is 20.8 Å². The van der Waals surface area contributed by atoms with Crippen LogP contribution in [0.1, 0.15) is 47.5 Å². The lowest BCUT2D eigenvalue weighted by atomic mass is 9.87. The molecule has 0 aromatic heterocycles. The van der Waals surface area contributed by atoms with Crippen LogP contribution in [-0.2, 0) is 14.3 Å². The smallest absolute Gasteiger partial charge is 0.259 e. The van der Waals surface area contributed by atoms with E-state index in [4.69, 9.17) is 9.47 Å². The Balaban J connectivity index is 4.47. The van der Waals surface area contributed by atoms with Gasteiger partial charge in [-0.3, -0.25) is 4.79 Å². The quantitative estimate of drug-likeness (QED) is 0.631. The van der Waals surface area contributed by atoms with E-state index in [1.54, 1.807) is 34.6 Å². The molecule has 5 heteroatoms. The fraction of sp³-hybridized carbons (Fsp3) is 0.923. The Morgan fingerprint density at radius 2 is 1.56 bits per heavy atom. The monoisotopic (exact) mass is 266 g/mol. The van der Waals surface area contributed by atoms with E-state index in [-0.39, 0.29) is 0 Å². The van der Waals surface area contributed by atoms with E-state index in [0.717, 1.165) is 0 Å². The fourth-order valence-corrected chi connectivity index (χ4v) is 1.35. The van der Waals surface area contributed by atoms with Crippen LogP contribution in [0.4, 0.5) is 8.78 Å². The van der Waals surface area contributed by atoms with Gasteiger partial charge in [0.2, 0.25) is 0 Å². The summed E-state index contributed by atoms with van der Waals surface area (Å²) in [5, 5.41) is 0. The first-order valence-corrected chi connectivity index (χ1v) is 6.26. The second kappa shape index (κ2) is 7.14. The van der Waals surface area contributed by atoms with E-state index in [1.165, 1.54) is 0 Å². The zero-order valence-corrected chi connectivity index (χ0v) is 11.9. The summed E-state index contributed by atoms with van der Waals surface area (Å²) in [6, 6.07) is 0. The summed E-state index contributed by atoms with van der Waals surface area (Å²) in [5.74, 6) is -3.56. The summed E-state index contributed by atoms with van der Waals surface area (Å²) in [6.07, 6.45) is -2.31. The van der Waals surface area contributed by atoms with Crippen molar-refractivity contribution in [3.05, 3.63) is 0 Å². The largest absolute Gasteiger partial charge is 0.353 e. The summed E-state index contributed by atoms with van der Waals surface area (Å²) >= 11 is 0. The number of ketones is 1. The number of hydrogen-bond acceptors (Lipinski definition) is 3. The SMILES string of the molecule is CCOC(CC(F)(F)CC(=O)C(C)(C)C)OCC. The van der Waals surface area contributed by atoms with Crippen LogP contribution in [0.3, 0.4) is 0 Å². The summed E-state index contributed by atoms with van der Waals surface area (Å²) in [4.78, 5) is 11.6. The molecule has 0 saturated carbocycles. The highest BCUT2D eigenvalue weighted by Gasteiger charge is 2.38. The van der Waals surface area contributed by atoms with Gasteiger partial charge in [0.1, 0.15) is 5.78 Å². The number of halogens is 2. The lowest BCUT2D eigenvalue weighted by molar-refractivity contribution is -0.181. The average molecular weight is 266 g/mol. The van der Waals surface area contributed by atoms with Gasteiger partial charge in [-0.25, -0.2) is 8.78 Å². The molecule has 0 atom stereocenters. The Bertz CT molecular complexity index is 253. The summed E-state index contributed by atoms with van der Waals surface area (Å²) in [5.41, 5.74) is -0.754. The van der Waals surface area contributed by atoms with Crippen LogP contribution in [0.15, 0.2) is 0 Å². The van der Waals surface area contributed by atoms with Gasteiger partial charge < -0.3 is 9.47 Å². The van der Waals surface area contributed by atoms with Crippen LogP contribution in [0, 0.1) is 5.41 Å². The number of hydrogen-bond donors (Lipinski definition) is 0. The third-order valence-electron chi connectivity index (χ3n) is 2.43.